The molecule has 0 radical (unpaired) electrons. The number of pyridine rings is 1. The largest absolute Gasteiger partial charge is 0.497 e. The smallest absolute Gasteiger partial charge is 0.247 e. The highest BCUT2D eigenvalue weighted by Gasteiger charge is 2.31. The summed E-state index contributed by atoms with van der Waals surface area (Å²) in [6.45, 7) is 2.57. The van der Waals surface area contributed by atoms with Gasteiger partial charge in [-0.25, -0.2) is 0 Å². The predicted octanol–water partition coefficient (Wildman–Crippen LogP) is 4.28. The Morgan fingerprint density at radius 1 is 1.00 bits per heavy atom. The van der Waals surface area contributed by atoms with E-state index in [2.05, 4.69) is 10.3 Å². The number of ether oxygens (including phenoxy) is 1. The molecule has 3 aromatic rings. The number of rotatable bonds is 10. The van der Waals surface area contributed by atoms with E-state index in [-0.39, 0.29) is 11.8 Å². The molecule has 0 aliphatic rings. The zero-order valence-corrected chi connectivity index (χ0v) is 18.5. The lowest BCUT2D eigenvalue weighted by Gasteiger charge is -2.31. The van der Waals surface area contributed by atoms with E-state index in [1.807, 2.05) is 79.7 Å². The average molecular weight is 432 g/mol. The van der Waals surface area contributed by atoms with Crippen molar-refractivity contribution < 1.29 is 14.3 Å². The number of benzene rings is 2. The highest BCUT2D eigenvalue weighted by molar-refractivity contribution is 5.88. The Balaban J connectivity index is 1.90. The first-order valence-electron chi connectivity index (χ1n) is 10.8. The van der Waals surface area contributed by atoms with Gasteiger partial charge in [0.05, 0.1) is 19.3 Å². The van der Waals surface area contributed by atoms with Crippen molar-refractivity contribution >= 4 is 11.8 Å². The third-order valence-corrected chi connectivity index (χ3v) is 5.14. The normalized spacial score (nSPS) is 11.4. The van der Waals surface area contributed by atoms with Crippen LogP contribution in [0.1, 0.15) is 42.6 Å². The van der Waals surface area contributed by atoms with Gasteiger partial charge in [-0.2, -0.15) is 0 Å². The van der Waals surface area contributed by atoms with Crippen molar-refractivity contribution in [2.75, 3.05) is 7.11 Å². The molecule has 1 N–H and O–H groups in total. The van der Waals surface area contributed by atoms with Gasteiger partial charge in [0.1, 0.15) is 11.8 Å². The number of aromatic nitrogens is 1. The molecular weight excluding hydrogens is 402 g/mol. The Morgan fingerprint density at radius 3 is 2.34 bits per heavy atom. The monoisotopic (exact) mass is 431 g/mol. The fourth-order valence-electron chi connectivity index (χ4n) is 3.49. The van der Waals surface area contributed by atoms with Crippen LogP contribution >= 0.6 is 0 Å². The Morgan fingerprint density at radius 2 is 1.72 bits per heavy atom. The molecule has 0 unspecified atom stereocenters. The maximum atomic E-state index is 13.4. The second kappa shape index (κ2) is 11.6. The molecule has 0 spiro atoms. The summed E-state index contributed by atoms with van der Waals surface area (Å²) in [7, 11) is 1.61. The minimum atomic E-state index is -0.749. The molecule has 166 valence electrons. The Kier molecular flexibility index (Phi) is 8.37. The van der Waals surface area contributed by atoms with Gasteiger partial charge in [-0.1, -0.05) is 55.5 Å². The van der Waals surface area contributed by atoms with Crippen molar-refractivity contribution in [2.45, 2.75) is 38.9 Å². The molecule has 2 amide bonds. The predicted molar refractivity (Wildman–Crippen MR) is 124 cm³/mol. The lowest BCUT2D eigenvalue weighted by atomic mass is 10.0. The maximum Gasteiger partial charge on any atom is 0.247 e. The van der Waals surface area contributed by atoms with Crippen LogP contribution in [0.5, 0.6) is 5.75 Å². The van der Waals surface area contributed by atoms with Gasteiger partial charge in [0, 0.05) is 19.2 Å². The number of nitrogens with one attached hydrogen (secondary N) is 1. The van der Waals surface area contributed by atoms with Crippen LogP contribution in [0.15, 0.2) is 79.0 Å². The molecule has 0 saturated heterocycles. The Hall–Kier alpha value is -3.67. The molecule has 0 fully saturated rings. The molecule has 0 aliphatic carbocycles. The highest BCUT2D eigenvalue weighted by atomic mass is 16.5. The summed E-state index contributed by atoms with van der Waals surface area (Å²) in [5, 5.41) is 2.96. The van der Waals surface area contributed by atoms with Crippen molar-refractivity contribution in [3.63, 3.8) is 0 Å². The van der Waals surface area contributed by atoms with Crippen LogP contribution in [0.3, 0.4) is 0 Å². The van der Waals surface area contributed by atoms with Crippen LogP contribution in [0, 0.1) is 0 Å². The molecule has 2 aromatic carbocycles. The highest BCUT2D eigenvalue weighted by Crippen LogP contribution is 2.25. The van der Waals surface area contributed by atoms with Gasteiger partial charge in [0.25, 0.3) is 0 Å². The number of methoxy groups -OCH3 is 1. The summed E-state index contributed by atoms with van der Waals surface area (Å²) in [6, 6.07) is 21.8. The first kappa shape index (κ1) is 23.0. The van der Waals surface area contributed by atoms with Crippen molar-refractivity contribution in [2.24, 2.45) is 0 Å². The van der Waals surface area contributed by atoms with Crippen LogP contribution in [0.25, 0.3) is 0 Å². The summed E-state index contributed by atoms with van der Waals surface area (Å²) in [6.07, 6.45) is 2.76. The third kappa shape index (κ3) is 6.17. The lowest BCUT2D eigenvalue weighted by Crippen LogP contribution is -2.43. The summed E-state index contributed by atoms with van der Waals surface area (Å²) < 4.78 is 5.24. The quantitative estimate of drug-likeness (QED) is 0.520. The van der Waals surface area contributed by atoms with Crippen LogP contribution in [-0.4, -0.2) is 28.8 Å². The summed E-state index contributed by atoms with van der Waals surface area (Å²) in [5.74, 6) is 0.442. The summed E-state index contributed by atoms with van der Waals surface area (Å²) in [4.78, 5) is 32.5. The van der Waals surface area contributed by atoms with E-state index >= 15 is 0 Å². The van der Waals surface area contributed by atoms with Gasteiger partial charge in [0.15, 0.2) is 0 Å². The molecule has 1 heterocycles. The Bertz CT molecular complexity index is 992. The summed E-state index contributed by atoms with van der Waals surface area (Å²) in [5.41, 5.74) is 2.45. The second-order valence-corrected chi connectivity index (χ2v) is 7.47. The topological polar surface area (TPSA) is 71.5 Å². The molecule has 6 heteroatoms. The Labute approximate surface area is 189 Å². The molecule has 0 bridgehead atoms. The van der Waals surface area contributed by atoms with Gasteiger partial charge in [-0.05, 0) is 41.8 Å². The van der Waals surface area contributed by atoms with Crippen LogP contribution in [0.2, 0.25) is 0 Å². The molecule has 32 heavy (non-hydrogen) atoms. The zero-order valence-electron chi connectivity index (χ0n) is 18.5. The number of carbonyl (C=O) groups excluding carboxylic acids is 2. The van der Waals surface area contributed by atoms with Gasteiger partial charge >= 0.3 is 0 Å². The van der Waals surface area contributed by atoms with E-state index in [9.17, 15) is 9.59 Å². The zero-order chi connectivity index (χ0) is 22.8. The van der Waals surface area contributed by atoms with E-state index in [1.165, 1.54) is 0 Å². The molecule has 3 rings (SSSR count). The molecule has 1 aromatic heterocycles. The van der Waals surface area contributed by atoms with E-state index in [0.29, 0.717) is 25.9 Å². The van der Waals surface area contributed by atoms with Crippen molar-refractivity contribution in [1.82, 2.24) is 15.2 Å². The van der Waals surface area contributed by atoms with Crippen molar-refractivity contribution in [1.29, 1.82) is 0 Å². The van der Waals surface area contributed by atoms with Gasteiger partial charge in [0.2, 0.25) is 11.8 Å². The van der Waals surface area contributed by atoms with Crippen LogP contribution in [0.4, 0.5) is 0 Å². The van der Waals surface area contributed by atoms with E-state index in [1.54, 1.807) is 18.2 Å². The number of nitrogens with zero attached hydrogens (tertiary/aromatic N) is 2. The molecule has 0 saturated carbocycles. The number of amides is 2. The van der Waals surface area contributed by atoms with E-state index in [0.717, 1.165) is 22.6 Å². The van der Waals surface area contributed by atoms with Gasteiger partial charge < -0.3 is 15.0 Å². The SMILES string of the molecule is CCCC(=O)N(Cc1ccc(OC)cc1)[C@H](C(=O)NCc1ccccn1)c1ccccc1. The van der Waals surface area contributed by atoms with Crippen LogP contribution < -0.4 is 10.1 Å². The summed E-state index contributed by atoms with van der Waals surface area (Å²) >= 11 is 0. The third-order valence-electron chi connectivity index (χ3n) is 5.14. The van der Waals surface area contributed by atoms with Gasteiger partial charge in [-0.3, -0.25) is 14.6 Å². The molecule has 6 nitrogen and oxygen atoms in total. The number of carbonyl (C=O) groups is 2. The first-order chi connectivity index (χ1) is 15.6. The van der Waals surface area contributed by atoms with E-state index in [4.69, 9.17) is 4.74 Å². The van der Waals surface area contributed by atoms with Crippen molar-refractivity contribution in [3.8, 4) is 5.75 Å². The maximum absolute atomic E-state index is 13.4. The fourth-order valence-corrected chi connectivity index (χ4v) is 3.49. The van der Waals surface area contributed by atoms with E-state index < -0.39 is 6.04 Å². The number of hydrogen-bond donors (Lipinski definition) is 1. The number of hydrogen-bond acceptors (Lipinski definition) is 4. The average Bonchev–Trinajstić information content (AvgIpc) is 2.84. The van der Waals surface area contributed by atoms with Crippen molar-refractivity contribution in [3.05, 3.63) is 95.8 Å². The molecule has 0 aliphatic heterocycles. The van der Waals surface area contributed by atoms with Gasteiger partial charge in [-0.15, -0.1) is 0 Å². The fraction of sp³-hybridized carbons (Fsp3) is 0.269. The second-order valence-electron chi connectivity index (χ2n) is 7.47. The standard InChI is InChI=1S/C26H29N3O3/c1-3-9-24(30)29(19-20-13-15-23(32-2)16-14-20)25(21-10-5-4-6-11-21)26(31)28-18-22-12-7-8-17-27-22/h4-8,10-17,25H,3,9,18-19H2,1-2H3,(H,28,31)/t25-/m0/s1. The lowest BCUT2D eigenvalue weighted by molar-refractivity contribution is -0.141. The first-order valence-corrected chi connectivity index (χ1v) is 10.8. The minimum absolute atomic E-state index is 0.0647. The van der Waals surface area contributed by atoms with Crippen LogP contribution in [-0.2, 0) is 22.7 Å². The molecular formula is C26H29N3O3. The molecule has 1 atom stereocenters. The minimum Gasteiger partial charge on any atom is -0.497 e.